The summed E-state index contributed by atoms with van der Waals surface area (Å²) in [5.41, 5.74) is 1.59. The number of hydrogen-bond donors (Lipinski definition) is 1. The van der Waals surface area contributed by atoms with Crippen molar-refractivity contribution < 1.29 is 14.6 Å². The first-order chi connectivity index (χ1) is 12.1. The maximum atomic E-state index is 12.7. The van der Waals surface area contributed by atoms with Gasteiger partial charge in [-0.05, 0) is 65.2 Å². The summed E-state index contributed by atoms with van der Waals surface area (Å²) in [5, 5.41) is 9.91. The second kappa shape index (κ2) is 10.0. The van der Waals surface area contributed by atoms with Crippen LogP contribution in [0.1, 0.15) is 54.0 Å². The Hall–Kier alpha value is -2.25. The van der Waals surface area contributed by atoms with Crippen molar-refractivity contribution >= 4 is 6.09 Å². The van der Waals surface area contributed by atoms with E-state index in [4.69, 9.17) is 4.74 Å². The van der Waals surface area contributed by atoms with Crippen LogP contribution in [0.5, 0.6) is 0 Å². The zero-order chi connectivity index (χ0) is 19.9. The first-order valence-corrected chi connectivity index (χ1v) is 9.11. The maximum Gasteiger partial charge on any atom is 0.416 e. The van der Waals surface area contributed by atoms with Crippen molar-refractivity contribution in [2.75, 3.05) is 0 Å². The van der Waals surface area contributed by atoms with Crippen LogP contribution in [0.2, 0.25) is 0 Å². The number of benzene rings is 1. The predicted octanol–water partition coefficient (Wildman–Crippen LogP) is 4.58. The van der Waals surface area contributed by atoms with Crippen LogP contribution in [0.15, 0.2) is 41.7 Å². The van der Waals surface area contributed by atoms with Gasteiger partial charge in [-0.15, -0.1) is 0 Å². The fraction of sp³-hybridized carbons (Fsp3) is 0.500. The molecule has 1 unspecified atom stereocenters. The van der Waals surface area contributed by atoms with E-state index in [1.165, 1.54) is 0 Å². The van der Waals surface area contributed by atoms with Gasteiger partial charge < -0.3 is 14.7 Å². The Morgan fingerprint density at radius 1 is 1.04 bits per heavy atom. The van der Waals surface area contributed by atoms with E-state index in [1.807, 2.05) is 71.9 Å². The molecule has 0 bridgehead atoms. The highest BCUT2D eigenvalue weighted by atomic mass is 16.6. The zero-order valence-electron chi connectivity index (χ0n) is 16.9. The van der Waals surface area contributed by atoms with Gasteiger partial charge in [0.1, 0.15) is 0 Å². The van der Waals surface area contributed by atoms with Crippen LogP contribution in [0.3, 0.4) is 0 Å². The molecule has 0 radical (unpaired) electrons. The van der Waals surface area contributed by atoms with E-state index in [-0.39, 0.29) is 18.0 Å². The maximum absolute atomic E-state index is 12.7. The minimum absolute atomic E-state index is 0.0142. The lowest BCUT2D eigenvalue weighted by atomic mass is 9.96. The topological polar surface area (TPSA) is 49.8 Å². The van der Waals surface area contributed by atoms with E-state index in [9.17, 15) is 9.90 Å². The molecular formula is C22H31NO3. The van der Waals surface area contributed by atoms with Gasteiger partial charge in [0.2, 0.25) is 0 Å². The summed E-state index contributed by atoms with van der Waals surface area (Å²) >= 11 is 0. The number of aliphatic hydroxyl groups excluding tert-OH is 1. The standard InChI is InChI=1S/C22H31NO3/c1-15(2)23(16(3)4)22(25)26-21(18(6)17(5)19(7)24)14-13-20-11-9-8-10-12-20/h8-12,15-17,19,24H,1-7H3/b21-18-/t17-,19?/m0/s1. The van der Waals surface area contributed by atoms with Gasteiger partial charge in [0.15, 0.2) is 5.76 Å². The molecule has 142 valence electrons. The van der Waals surface area contributed by atoms with Gasteiger partial charge in [0.05, 0.1) is 6.10 Å². The molecule has 1 amide bonds. The van der Waals surface area contributed by atoms with Gasteiger partial charge in [0.25, 0.3) is 0 Å². The molecule has 0 aromatic heterocycles. The second-order valence-corrected chi connectivity index (χ2v) is 7.12. The van der Waals surface area contributed by atoms with E-state index in [2.05, 4.69) is 11.8 Å². The number of carbonyl (C=O) groups is 1. The lowest BCUT2D eigenvalue weighted by Crippen LogP contribution is -2.42. The monoisotopic (exact) mass is 357 g/mol. The number of rotatable bonds is 5. The molecular weight excluding hydrogens is 326 g/mol. The molecule has 0 heterocycles. The van der Waals surface area contributed by atoms with Crippen molar-refractivity contribution in [3.05, 3.63) is 47.2 Å². The Morgan fingerprint density at radius 3 is 2.04 bits per heavy atom. The molecule has 0 saturated carbocycles. The van der Waals surface area contributed by atoms with Gasteiger partial charge in [-0.25, -0.2) is 4.79 Å². The Labute approximate surface area is 157 Å². The normalized spacial score (nSPS) is 14.2. The van der Waals surface area contributed by atoms with Crippen molar-refractivity contribution in [1.29, 1.82) is 0 Å². The van der Waals surface area contributed by atoms with Crippen molar-refractivity contribution in [3.8, 4) is 11.8 Å². The molecule has 0 aliphatic heterocycles. The molecule has 1 N–H and O–H groups in total. The molecule has 1 aromatic rings. The van der Waals surface area contributed by atoms with Crippen LogP contribution in [-0.4, -0.2) is 34.3 Å². The number of hydrogen-bond acceptors (Lipinski definition) is 3. The minimum atomic E-state index is -0.562. The number of aliphatic hydroxyl groups is 1. The highest BCUT2D eigenvalue weighted by Crippen LogP contribution is 2.21. The van der Waals surface area contributed by atoms with Crippen LogP contribution in [0, 0.1) is 17.8 Å². The summed E-state index contributed by atoms with van der Waals surface area (Å²) in [6.45, 7) is 13.2. The number of allylic oxidation sites excluding steroid dienone is 1. The quantitative estimate of drug-likeness (QED) is 0.620. The van der Waals surface area contributed by atoms with Crippen LogP contribution >= 0.6 is 0 Å². The average molecular weight is 357 g/mol. The SMILES string of the molecule is C/C(=C(\C#Cc1ccccc1)OC(=O)N(C(C)C)C(C)C)[C@H](C)C(C)O. The molecule has 0 fully saturated rings. The van der Waals surface area contributed by atoms with E-state index >= 15 is 0 Å². The number of carbonyl (C=O) groups excluding carboxylic acids is 1. The molecule has 0 spiro atoms. The van der Waals surface area contributed by atoms with Gasteiger partial charge in [-0.1, -0.05) is 31.0 Å². The summed E-state index contributed by atoms with van der Waals surface area (Å²) in [5.74, 6) is 6.15. The van der Waals surface area contributed by atoms with E-state index in [0.29, 0.717) is 5.76 Å². The average Bonchev–Trinajstić information content (AvgIpc) is 2.57. The Kier molecular flexibility index (Phi) is 8.41. The van der Waals surface area contributed by atoms with Gasteiger partial charge in [0, 0.05) is 23.6 Å². The smallest absolute Gasteiger partial charge is 0.401 e. The van der Waals surface area contributed by atoms with Gasteiger partial charge >= 0.3 is 6.09 Å². The number of amides is 1. The predicted molar refractivity (Wildman–Crippen MR) is 105 cm³/mol. The number of nitrogens with zero attached hydrogens (tertiary/aromatic N) is 1. The summed E-state index contributed by atoms with van der Waals surface area (Å²) in [6, 6.07) is 9.56. The largest absolute Gasteiger partial charge is 0.416 e. The van der Waals surface area contributed by atoms with Gasteiger partial charge in [-0.3, -0.25) is 0 Å². The highest BCUT2D eigenvalue weighted by Gasteiger charge is 2.24. The fourth-order valence-electron chi connectivity index (χ4n) is 2.58. The van der Waals surface area contributed by atoms with Crippen molar-refractivity contribution in [2.24, 2.45) is 5.92 Å². The molecule has 0 saturated heterocycles. The Bertz CT molecular complexity index is 670. The molecule has 4 nitrogen and oxygen atoms in total. The third-order valence-electron chi connectivity index (χ3n) is 4.37. The third kappa shape index (κ3) is 6.24. The lowest BCUT2D eigenvalue weighted by molar-refractivity contribution is 0.101. The molecule has 0 aliphatic carbocycles. The first-order valence-electron chi connectivity index (χ1n) is 9.11. The van der Waals surface area contributed by atoms with Crippen LogP contribution in [-0.2, 0) is 4.74 Å². The summed E-state index contributed by atoms with van der Waals surface area (Å²) in [4.78, 5) is 14.4. The molecule has 0 aliphatic rings. The molecule has 2 atom stereocenters. The zero-order valence-corrected chi connectivity index (χ0v) is 16.9. The molecule has 1 rings (SSSR count). The minimum Gasteiger partial charge on any atom is -0.401 e. The summed E-state index contributed by atoms with van der Waals surface area (Å²) in [6.07, 6.45) is -0.988. The van der Waals surface area contributed by atoms with E-state index in [1.54, 1.807) is 11.8 Å². The lowest BCUT2D eigenvalue weighted by Gasteiger charge is -2.30. The molecule has 1 aromatic carbocycles. The Morgan fingerprint density at radius 2 is 1.58 bits per heavy atom. The van der Waals surface area contributed by atoms with Crippen LogP contribution in [0.25, 0.3) is 0 Å². The van der Waals surface area contributed by atoms with Crippen LogP contribution in [0.4, 0.5) is 4.79 Å². The first kappa shape index (κ1) is 21.8. The van der Waals surface area contributed by atoms with Gasteiger partial charge in [-0.2, -0.15) is 0 Å². The summed E-state index contributed by atoms with van der Waals surface area (Å²) in [7, 11) is 0. The Balaban J connectivity index is 3.23. The second-order valence-electron chi connectivity index (χ2n) is 7.12. The van der Waals surface area contributed by atoms with Crippen LogP contribution < -0.4 is 0 Å². The molecule has 4 heteroatoms. The summed E-state index contributed by atoms with van der Waals surface area (Å²) < 4.78 is 5.67. The number of ether oxygens (including phenoxy) is 1. The molecule has 26 heavy (non-hydrogen) atoms. The van der Waals surface area contributed by atoms with E-state index < -0.39 is 12.2 Å². The van der Waals surface area contributed by atoms with Crippen molar-refractivity contribution in [2.45, 2.75) is 66.7 Å². The van der Waals surface area contributed by atoms with E-state index in [0.717, 1.165) is 11.1 Å². The van der Waals surface area contributed by atoms with Crippen molar-refractivity contribution in [1.82, 2.24) is 4.90 Å². The fourth-order valence-corrected chi connectivity index (χ4v) is 2.58. The van der Waals surface area contributed by atoms with Crippen molar-refractivity contribution in [3.63, 3.8) is 0 Å². The highest BCUT2D eigenvalue weighted by molar-refractivity contribution is 5.70. The third-order valence-corrected chi connectivity index (χ3v) is 4.37.